The van der Waals surface area contributed by atoms with E-state index in [4.69, 9.17) is 13.9 Å². The van der Waals surface area contributed by atoms with Crippen molar-refractivity contribution in [1.82, 2.24) is 0 Å². The van der Waals surface area contributed by atoms with E-state index in [0.717, 1.165) is 0 Å². The summed E-state index contributed by atoms with van der Waals surface area (Å²) < 4.78 is 16.7. The largest absolute Gasteiger partial charge is 0.408 e. The molecule has 0 unspecified atom stereocenters. The standard InChI is InChI=1S/C13H28O5Si/c1-8-9(14)11(10(15)12(16-5)17-8)18-19(6,7)13(2,3)4/h8-12,14-15H,1-7H3/t8-,9-,10-,11+,12+/m1/s1. The molecule has 0 aromatic heterocycles. The normalized spacial score (nSPS) is 37.4. The molecule has 1 rings (SSSR count). The average Bonchev–Trinajstić information content (AvgIpc) is 2.27. The molecule has 2 N–H and O–H groups in total. The van der Waals surface area contributed by atoms with Gasteiger partial charge in [-0.2, -0.15) is 0 Å². The van der Waals surface area contributed by atoms with E-state index in [1.54, 1.807) is 6.92 Å². The topological polar surface area (TPSA) is 68.2 Å². The Balaban J connectivity index is 2.90. The van der Waals surface area contributed by atoms with Gasteiger partial charge in [-0.1, -0.05) is 20.8 Å². The Hall–Kier alpha value is 0.0169. The number of hydrogen-bond acceptors (Lipinski definition) is 5. The molecular formula is C13H28O5Si. The van der Waals surface area contributed by atoms with Gasteiger partial charge in [0, 0.05) is 7.11 Å². The van der Waals surface area contributed by atoms with Crippen molar-refractivity contribution >= 4 is 8.32 Å². The highest BCUT2D eigenvalue weighted by molar-refractivity contribution is 6.74. The number of methoxy groups -OCH3 is 1. The molecule has 1 saturated heterocycles. The van der Waals surface area contributed by atoms with Gasteiger partial charge in [-0.05, 0) is 25.1 Å². The Morgan fingerprint density at radius 1 is 1.11 bits per heavy atom. The zero-order chi connectivity index (χ0) is 15.0. The molecule has 0 aliphatic carbocycles. The Labute approximate surface area is 117 Å². The second-order valence-electron chi connectivity index (χ2n) is 6.77. The highest BCUT2D eigenvalue weighted by Gasteiger charge is 2.48. The van der Waals surface area contributed by atoms with Crippen LogP contribution < -0.4 is 0 Å². The number of hydrogen-bond donors (Lipinski definition) is 2. The summed E-state index contributed by atoms with van der Waals surface area (Å²) >= 11 is 0. The fraction of sp³-hybridized carbons (Fsp3) is 1.00. The van der Waals surface area contributed by atoms with Crippen LogP contribution in [0.3, 0.4) is 0 Å². The number of aliphatic hydroxyl groups is 2. The molecule has 0 radical (unpaired) electrons. The van der Waals surface area contributed by atoms with Crippen LogP contribution in [0.2, 0.25) is 18.1 Å². The van der Waals surface area contributed by atoms with Crippen molar-refractivity contribution in [2.45, 2.75) is 76.5 Å². The van der Waals surface area contributed by atoms with Gasteiger partial charge < -0.3 is 24.1 Å². The van der Waals surface area contributed by atoms with Crippen molar-refractivity contribution < 1.29 is 24.1 Å². The number of aliphatic hydroxyl groups excluding tert-OH is 2. The maximum absolute atomic E-state index is 10.2. The smallest absolute Gasteiger partial charge is 0.192 e. The highest BCUT2D eigenvalue weighted by atomic mass is 28.4. The van der Waals surface area contributed by atoms with Crippen LogP contribution in [0.15, 0.2) is 0 Å². The summed E-state index contributed by atoms with van der Waals surface area (Å²) in [6.45, 7) is 12.3. The van der Waals surface area contributed by atoms with Gasteiger partial charge in [0.1, 0.15) is 18.3 Å². The van der Waals surface area contributed by atoms with E-state index in [2.05, 4.69) is 33.9 Å². The van der Waals surface area contributed by atoms with Crippen LogP contribution in [-0.4, -0.2) is 56.3 Å². The van der Waals surface area contributed by atoms with Crippen molar-refractivity contribution in [3.63, 3.8) is 0 Å². The van der Waals surface area contributed by atoms with E-state index in [1.807, 2.05) is 0 Å². The molecule has 0 aromatic rings. The van der Waals surface area contributed by atoms with Gasteiger partial charge in [0.2, 0.25) is 0 Å². The summed E-state index contributed by atoms with van der Waals surface area (Å²) in [5, 5.41) is 20.5. The second kappa shape index (κ2) is 5.79. The lowest BCUT2D eigenvalue weighted by molar-refractivity contribution is -0.283. The van der Waals surface area contributed by atoms with E-state index in [9.17, 15) is 10.2 Å². The minimum atomic E-state index is -2.08. The van der Waals surface area contributed by atoms with Crippen LogP contribution in [0.5, 0.6) is 0 Å². The van der Waals surface area contributed by atoms with Crippen LogP contribution in [0.25, 0.3) is 0 Å². The minimum Gasteiger partial charge on any atom is -0.408 e. The third-order valence-electron chi connectivity index (χ3n) is 4.25. The highest BCUT2D eigenvalue weighted by Crippen LogP contribution is 2.39. The Bertz CT molecular complexity index is 302. The third-order valence-corrected chi connectivity index (χ3v) is 8.72. The van der Waals surface area contributed by atoms with Gasteiger partial charge in [0.05, 0.1) is 6.10 Å². The molecular weight excluding hydrogens is 264 g/mol. The van der Waals surface area contributed by atoms with E-state index < -0.39 is 39.0 Å². The van der Waals surface area contributed by atoms with Crippen molar-refractivity contribution in [3.8, 4) is 0 Å². The zero-order valence-electron chi connectivity index (χ0n) is 13.0. The monoisotopic (exact) mass is 292 g/mol. The van der Waals surface area contributed by atoms with Crippen molar-refractivity contribution in [1.29, 1.82) is 0 Å². The minimum absolute atomic E-state index is 0.0105. The quantitative estimate of drug-likeness (QED) is 0.771. The summed E-state index contributed by atoms with van der Waals surface area (Å²) in [5.41, 5.74) is 0. The van der Waals surface area contributed by atoms with Crippen LogP contribution in [0.4, 0.5) is 0 Å². The molecule has 1 heterocycles. The maximum Gasteiger partial charge on any atom is 0.192 e. The first kappa shape index (κ1) is 17.1. The van der Waals surface area contributed by atoms with E-state index in [0.29, 0.717) is 0 Å². The molecule has 0 saturated carbocycles. The van der Waals surface area contributed by atoms with Gasteiger partial charge in [-0.25, -0.2) is 0 Å². The van der Waals surface area contributed by atoms with Crippen LogP contribution in [0, 0.1) is 0 Å². The van der Waals surface area contributed by atoms with Crippen LogP contribution in [0.1, 0.15) is 27.7 Å². The molecule has 0 bridgehead atoms. The molecule has 6 heteroatoms. The summed E-state index contributed by atoms with van der Waals surface area (Å²) in [4.78, 5) is 0. The summed E-state index contributed by atoms with van der Waals surface area (Å²) in [7, 11) is -0.605. The molecule has 114 valence electrons. The van der Waals surface area contributed by atoms with Crippen LogP contribution in [-0.2, 0) is 13.9 Å². The molecule has 5 atom stereocenters. The average molecular weight is 292 g/mol. The summed E-state index contributed by atoms with van der Waals surface area (Å²) in [5.74, 6) is 0. The SMILES string of the molecule is CO[C@H]1O[C@H](C)[C@@H](O)[C@H](O[Si](C)(C)C(C)(C)C)[C@H]1O. The fourth-order valence-corrected chi connectivity index (χ4v) is 3.16. The van der Waals surface area contributed by atoms with Gasteiger partial charge in [0.25, 0.3) is 0 Å². The first-order chi connectivity index (χ1) is 8.51. The van der Waals surface area contributed by atoms with Crippen molar-refractivity contribution in [2.75, 3.05) is 7.11 Å². The second-order valence-corrected chi connectivity index (χ2v) is 11.5. The van der Waals surface area contributed by atoms with E-state index in [1.165, 1.54) is 7.11 Å². The predicted octanol–water partition coefficient (Wildman–Crippen LogP) is 1.49. The molecule has 1 aliphatic heterocycles. The summed E-state index contributed by atoms with van der Waals surface area (Å²) in [6.07, 6.45) is -3.69. The lowest BCUT2D eigenvalue weighted by Gasteiger charge is -2.46. The Morgan fingerprint density at radius 2 is 1.63 bits per heavy atom. The summed E-state index contributed by atoms with van der Waals surface area (Å²) in [6, 6.07) is 0. The molecule has 0 aromatic carbocycles. The molecule has 1 aliphatic rings. The first-order valence-electron chi connectivity index (χ1n) is 6.73. The van der Waals surface area contributed by atoms with E-state index >= 15 is 0 Å². The van der Waals surface area contributed by atoms with Gasteiger partial charge in [-0.15, -0.1) is 0 Å². The molecule has 0 amide bonds. The fourth-order valence-electron chi connectivity index (χ4n) is 1.85. The Kier molecular flexibility index (Phi) is 5.20. The lowest BCUT2D eigenvalue weighted by atomic mass is 10.0. The first-order valence-corrected chi connectivity index (χ1v) is 9.64. The van der Waals surface area contributed by atoms with Crippen molar-refractivity contribution in [2.24, 2.45) is 0 Å². The number of rotatable bonds is 3. The lowest BCUT2D eigenvalue weighted by Crippen LogP contribution is -2.61. The predicted molar refractivity (Wildman–Crippen MR) is 75.4 cm³/mol. The van der Waals surface area contributed by atoms with Gasteiger partial charge >= 0.3 is 0 Å². The molecule has 1 fully saturated rings. The van der Waals surface area contributed by atoms with Gasteiger partial charge in [0.15, 0.2) is 14.6 Å². The molecule has 5 nitrogen and oxygen atoms in total. The Morgan fingerprint density at radius 3 is 2.05 bits per heavy atom. The maximum atomic E-state index is 10.2. The number of ether oxygens (including phenoxy) is 2. The molecule has 19 heavy (non-hydrogen) atoms. The van der Waals surface area contributed by atoms with E-state index in [-0.39, 0.29) is 5.04 Å². The van der Waals surface area contributed by atoms with Gasteiger partial charge in [-0.3, -0.25) is 0 Å². The molecule has 0 spiro atoms. The third kappa shape index (κ3) is 3.56. The van der Waals surface area contributed by atoms with Crippen molar-refractivity contribution in [3.05, 3.63) is 0 Å². The zero-order valence-corrected chi connectivity index (χ0v) is 14.0. The van der Waals surface area contributed by atoms with Crippen LogP contribution >= 0.6 is 0 Å².